The van der Waals surface area contributed by atoms with E-state index in [4.69, 9.17) is 15.2 Å². The first-order valence-electron chi connectivity index (χ1n) is 8.06. The monoisotopic (exact) mass is 378 g/mol. The molecule has 1 heterocycles. The molecule has 9 heteroatoms. The van der Waals surface area contributed by atoms with Gasteiger partial charge in [0.1, 0.15) is 10.7 Å². The normalized spacial score (nSPS) is 10.3. The lowest BCUT2D eigenvalue weighted by Crippen LogP contribution is -2.28. The Balaban J connectivity index is 1.95. The van der Waals surface area contributed by atoms with E-state index < -0.39 is 0 Å². The van der Waals surface area contributed by atoms with Crippen molar-refractivity contribution in [1.29, 1.82) is 0 Å². The van der Waals surface area contributed by atoms with Gasteiger partial charge >= 0.3 is 0 Å². The van der Waals surface area contributed by atoms with Crippen LogP contribution in [0.3, 0.4) is 0 Å². The van der Waals surface area contributed by atoms with Crippen molar-refractivity contribution < 1.29 is 19.1 Å². The van der Waals surface area contributed by atoms with Gasteiger partial charge in [0.25, 0.3) is 11.8 Å². The average Bonchev–Trinajstić information content (AvgIpc) is 3.14. The van der Waals surface area contributed by atoms with Gasteiger partial charge in [-0.25, -0.2) is 4.98 Å². The zero-order valence-electron chi connectivity index (χ0n) is 14.7. The van der Waals surface area contributed by atoms with Crippen molar-refractivity contribution in [3.8, 4) is 11.5 Å². The molecule has 26 heavy (non-hydrogen) atoms. The van der Waals surface area contributed by atoms with Crippen LogP contribution in [0.15, 0.2) is 23.6 Å². The second kappa shape index (κ2) is 9.73. The van der Waals surface area contributed by atoms with Crippen LogP contribution in [-0.4, -0.2) is 37.1 Å². The number of hydrogen-bond donors (Lipinski definition) is 3. The van der Waals surface area contributed by atoms with E-state index in [9.17, 15) is 9.59 Å². The van der Waals surface area contributed by atoms with Crippen LogP contribution in [0.4, 0.5) is 0 Å². The van der Waals surface area contributed by atoms with Crippen LogP contribution in [0, 0.1) is 0 Å². The molecule has 0 radical (unpaired) electrons. The highest BCUT2D eigenvalue weighted by Gasteiger charge is 2.12. The number of benzene rings is 1. The lowest BCUT2D eigenvalue weighted by atomic mass is 10.2. The third-order valence-electron chi connectivity index (χ3n) is 3.37. The topological polar surface area (TPSA) is 116 Å². The molecular formula is C17H22N4O4S. The fourth-order valence-corrected chi connectivity index (χ4v) is 2.77. The van der Waals surface area contributed by atoms with Gasteiger partial charge in [-0.1, -0.05) is 6.07 Å². The number of rotatable bonds is 9. The van der Waals surface area contributed by atoms with Crippen molar-refractivity contribution in [3.05, 3.63) is 39.8 Å². The summed E-state index contributed by atoms with van der Waals surface area (Å²) in [6.45, 7) is 2.91. The second-order valence-corrected chi connectivity index (χ2v) is 6.18. The number of aromatic nitrogens is 1. The maximum atomic E-state index is 12.1. The maximum absolute atomic E-state index is 12.1. The van der Waals surface area contributed by atoms with Gasteiger partial charge in [0.2, 0.25) is 0 Å². The maximum Gasteiger partial charge on any atom is 0.271 e. The van der Waals surface area contributed by atoms with E-state index >= 15 is 0 Å². The molecule has 2 rings (SSSR count). The lowest BCUT2D eigenvalue weighted by Gasteiger charge is -2.12. The first kappa shape index (κ1) is 19.7. The van der Waals surface area contributed by atoms with Gasteiger partial charge in [-0.15, -0.1) is 11.3 Å². The number of amides is 2. The number of nitrogens with two attached hydrogens (primary N) is 1. The molecule has 0 aliphatic heterocycles. The van der Waals surface area contributed by atoms with Gasteiger partial charge in [0.05, 0.1) is 7.11 Å². The number of carbonyl (C=O) groups excluding carboxylic acids is 2. The number of ether oxygens (including phenoxy) is 2. The van der Waals surface area contributed by atoms with Crippen molar-refractivity contribution in [2.24, 2.45) is 5.73 Å². The van der Waals surface area contributed by atoms with Gasteiger partial charge in [-0.3, -0.25) is 9.59 Å². The van der Waals surface area contributed by atoms with Crippen LogP contribution in [0.25, 0.3) is 0 Å². The Morgan fingerprint density at radius 1 is 1.27 bits per heavy atom. The molecule has 8 nitrogen and oxygen atoms in total. The summed E-state index contributed by atoms with van der Waals surface area (Å²) < 4.78 is 10.8. The van der Waals surface area contributed by atoms with Gasteiger partial charge in [-0.05, 0) is 24.6 Å². The van der Waals surface area contributed by atoms with Crippen LogP contribution in [0.2, 0.25) is 0 Å². The van der Waals surface area contributed by atoms with Gasteiger partial charge in [-0.2, -0.15) is 0 Å². The molecule has 1 aromatic carbocycles. The first-order valence-corrected chi connectivity index (χ1v) is 8.94. The molecule has 0 aliphatic rings. The van der Waals surface area contributed by atoms with Crippen LogP contribution in [-0.2, 0) is 17.9 Å². The predicted octanol–water partition coefficient (Wildman–Crippen LogP) is 1.06. The molecule has 2 amide bonds. The smallest absolute Gasteiger partial charge is 0.271 e. The second-order valence-electron chi connectivity index (χ2n) is 5.24. The molecule has 0 spiro atoms. The number of thiazole rings is 1. The summed E-state index contributed by atoms with van der Waals surface area (Å²) in [4.78, 5) is 27.7. The summed E-state index contributed by atoms with van der Waals surface area (Å²) in [5.74, 6) is 0.475. The molecule has 1 aromatic heterocycles. The van der Waals surface area contributed by atoms with E-state index in [1.165, 1.54) is 18.4 Å². The van der Waals surface area contributed by atoms with Crippen molar-refractivity contribution in [2.75, 3.05) is 20.3 Å². The Morgan fingerprint density at radius 3 is 2.73 bits per heavy atom. The van der Waals surface area contributed by atoms with E-state index in [0.29, 0.717) is 41.8 Å². The van der Waals surface area contributed by atoms with Crippen LogP contribution in [0.1, 0.15) is 28.0 Å². The number of nitrogens with one attached hydrogen (secondary N) is 2. The molecule has 0 aliphatic carbocycles. The summed E-state index contributed by atoms with van der Waals surface area (Å²) in [6, 6.07) is 5.25. The highest BCUT2D eigenvalue weighted by Crippen LogP contribution is 2.28. The van der Waals surface area contributed by atoms with E-state index in [0.717, 1.165) is 5.56 Å². The minimum Gasteiger partial charge on any atom is -0.493 e. The summed E-state index contributed by atoms with van der Waals surface area (Å²) in [5.41, 5.74) is 6.68. The number of hydrogen-bond acceptors (Lipinski definition) is 7. The molecule has 0 saturated heterocycles. The first-order chi connectivity index (χ1) is 12.6. The van der Waals surface area contributed by atoms with E-state index in [2.05, 4.69) is 15.6 Å². The molecule has 4 N–H and O–H groups in total. The van der Waals surface area contributed by atoms with Gasteiger partial charge in [0.15, 0.2) is 18.1 Å². The zero-order valence-corrected chi connectivity index (χ0v) is 15.5. The Bertz CT molecular complexity index is 763. The van der Waals surface area contributed by atoms with E-state index in [-0.39, 0.29) is 18.4 Å². The third-order valence-corrected chi connectivity index (χ3v) is 4.24. The van der Waals surface area contributed by atoms with Gasteiger partial charge in [0, 0.05) is 25.0 Å². The Hall–Kier alpha value is -2.65. The Kier molecular flexibility index (Phi) is 7.37. The third kappa shape index (κ3) is 5.43. The predicted molar refractivity (Wildman–Crippen MR) is 98.3 cm³/mol. The van der Waals surface area contributed by atoms with Crippen LogP contribution >= 0.6 is 11.3 Å². The number of nitrogens with zero attached hydrogens (tertiary/aromatic N) is 1. The number of carbonyl (C=O) groups is 2. The SMILES string of the molecule is CCNC(=O)COc1ccc(CNC(=O)c2csc(CN)n2)cc1OC. The lowest BCUT2D eigenvalue weighted by molar-refractivity contribution is -0.123. The Morgan fingerprint density at radius 2 is 2.08 bits per heavy atom. The molecule has 140 valence electrons. The highest BCUT2D eigenvalue weighted by molar-refractivity contribution is 7.09. The van der Waals surface area contributed by atoms with Crippen molar-refractivity contribution in [2.45, 2.75) is 20.0 Å². The van der Waals surface area contributed by atoms with E-state index in [1.807, 2.05) is 6.92 Å². The minimum absolute atomic E-state index is 0.0897. The molecular weight excluding hydrogens is 356 g/mol. The molecule has 0 fully saturated rings. The Labute approximate surface area is 155 Å². The molecule has 0 atom stereocenters. The quantitative estimate of drug-likeness (QED) is 0.601. The fraction of sp³-hybridized carbons (Fsp3) is 0.353. The van der Waals surface area contributed by atoms with Crippen molar-refractivity contribution in [1.82, 2.24) is 15.6 Å². The summed E-state index contributed by atoms with van der Waals surface area (Å²) in [6.07, 6.45) is 0. The average molecular weight is 378 g/mol. The van der Waals surface area contributed by atoms with Crippen molar-refractivity contribution >= 4 is 23.2 Å². The van der Waals surface area contributed by atoms with Crippen LogP contribution in [0.5, 0.6) is 11.5 Å². The standard InChI is InChI=1S/C17H22N4O4S/c1-3-19-15(22)9-25-13-5-4-11(6-14(13)24-2)8-20-17(23)12-10-26-16(7-18)21-12/h4-6,10H,3,7-9,18H2,1-2H3,(H,19,22)(H,20,23). The molecule has 0 saturated carbocycles. The zero-order chi connectivity index (χ0) is 18.9. The largest absolute Gasteiger partial charge is 0.493 e. The fourth-order valence-electron chi connectivity index (χ4n) is 2.11. The number of likely N-dealkylation sites (N-methyl/N-ethyl adjacent to an activating group) is 1. The number of methoxy groups -OCH3 is 1. The van der Waals surface area contributed by atoms with Crippen molar-refractivity contribution in [3.63, 3.8) is 0 Å². The van der Waals surface area contributed by atoms with Gasteiger partial charge < -0.3 is 25.8 Å². The highest BCUT2D eigenvalue weighted by atomic mass is 32.1. The van der Waals surface area contributed by atoms with Crippen LogP contribution < -0.4 is 25.8 Å². The molecule has 0 unspecified atom stereocenters. The minimum atomic E-state index is -0.267. The summed E-state index contributed by atoms with van der Waals surface area (Å²) in [5, 5.41) is 7.84. The summed E-state index contributed by atoms with van der Waals surface area (Å²) >= 11 is 1.35. The molecule has 0 bridgehead atoms. The van der Waals surface area contributed by atoms with E-state index in [1.54, 1.807) is 23.6 Å². The summed E-state index contributed by atoms with van der Waals surface area (Å²) in [7, 11) is 1.51. The molecule has 2 aromatic rings.